The SMILES string of the molecule is COc1cccc(C(=O)[C@@H]2[C@H](C(=O)c3cccc([N+](=O)[O-])c3)N3C=Cc4ccccc4[C@H]3[C@@]23C(=O)Nc2ccccc23)c1. The number of ketones is 2. The van der Waals surface area contributed by atoms with Crippen LogP contribution in [0.15, 0.2) is 103 Å². The molecular formula is C34H25N3O6. The van der Waals surface area contributed by atoms with Crippen molar-refractivity contribution in [2.24, 2.45) is 5.92 Å². The minimum absolute atomic E-state index is 0.0809. The quantitative estimate of drug-likeness (QED) is 0.182. The van der Waals surface area contributed by atoms with Gasteiger partial charge in [-0.2, -0.15) is 0 Å². The van der Waals surface area contributed by atoms with Crippen LogP contribution in [-0.4, -0.2) is 40.4 Å². The lowest BCUT2D eigenvalue weighted by atomic mass is 9.62. The monoisotopic (exact) mass is 571 g/mol. The lowest BCUT2D eigenvalue weighted by Crippen LogP contribution is -2.49. The minimum atomic E-state index is -1.50. The average molecular weight is 572 g/mol. The van der Waals surface area contributed by atoms with Crippen LogP contribution in [0.2, 0.25) is 0 Å². The van der Waals surface area contributed by atoms with Crippen LogP contribution in [-0.2, 0) is 10.2 Å². The number of para-hydroxylation sites is 1. The Balaban J connectivity index is 1.53. The summed E-state index contributed by atoms with van der Waals surface area (Å²) in [7, 11) is 1.50. The number of carbonyl (C=O) groups is 3. The molecule has 1 saturated heterocycles. The molecule has 0 aromatic heterocycles. The number of rotatable bonds is 6. The maximum atomic E-state index is 14.9. The number of nitrogens with zero attached hydrogens (tertiary/aromatic N) is 2. The zero-order valence-corrected chi connectivity index (χ0v) is 23.0. The van der Waals surface area contributed by atoms with Crippen LogP contribution in [0.4, 0.5) is 11.4 Å². The summed E-state index contributed by atoms with van der Waals surface area (Å²) in [5.74, 6) is -2.03. The number of non-ortho nitro benzene ring substituents is 1. The Morgan fingerprint density at radius 2 is 1.63 bits per heavy atom. The molecule has 1 amide bonds. The predicted molar refractivity (Wildman–Crippen MR) is 159 cm³/mol. The molecule has 0 unspecified atom stereocenters. The second-order valence-corrected chi connectivity index (χ2v) is 10.9. The Morgan fingerprint density at radius 3 is 2.42 bits per heavy atom. The van der Waals surface area contributed by atoms with E-state index in [2.05, 4.69) is 5.32 Å². The van der Waals surface area contributed by atoms with Gasteiger partial charge in [-0.05, 0) is 41.0 Å². The third-order valence-electron chi connectivity index (χ3n) is 8.82. The summed E-state index contributed by atoms with van der Waals surface area (Å²) in [5.41, 5.74) is 1.49. The number of hydrogen-bond acceptors (Lipinski definition) is 7. The summed E-state index contributed by atoms with van der Waals surface area (Å²) in [4.78, 5) is 56.8. The molecule has 4 atom stereocenters. The fourth-order valence-corrected chi connectivity index (χ4v) is 7.07. The molecule has 3 aliphatic heterocycles. The van der Waals surface area contributed by atoms with E-state index in [1.54, 1.807) is 41.4 Å². The number of carbonyl (C=O) groups excluding carboxylic acids is 3. The van der Waals surface area contributed by atoms with Crippen LogP contribution in [0.25, 0.3) is 6.08 Å². The molecule has 4 aromatic rings. The van der Waals surface area contributed by atoms with Gasteiger partial charge in [0.2, 0.25) is 5.91 Å². The first kappa shape index (κ1) is 26.3. The van der Waals surface area contributed by atoms with Gasteiger partial charge in [-0.25, -0.2) is 0 Å². The van der Waals surface area contributed by atoms with Crippen molar-refractivity contribution >= 4 is 34.9 Å². The Hall–Kier alpha value is -5.57. The number of fused-ring (bicyclic) bond motifs is 6. The summed E-state index contributed by atoms with van der Waals surface area (Å²) in [6.45, 7) is 0. The second-order valence-electron chi connectivity index (χ2n) is 10.9. The van der Waals surface area contributed by atoms with E-state index < -0.39 is 39.9 Å². The minimum Gasteiger partial charge on any atom is -0.497 e. The highest BCUT2D eigenvalue weighted by Gasteiger charge is 2.70. The highest BCUT2D eigenvalue weighted by atomic mass is 16.6. The molecule has 3 aliphatic rings. The molecule has 212 valence electrons. The van der Waals surface area contributed by atoms with Crippen LogP contribution >= 0.6 is 0 Å². The van der Waals surface area contributed by atoms with Crippen LogP contribution in [0.5, 0.6) is 5.75 Å². The summed E-state index contributed by atoms with van der Waals surface area (Å²) >= 11 is 0. The zero-order chi connectivity index (χ0) is 29.9. The fourth-order valence-electron chi connectivity index (χ4n) is 7.07. The van der Waals surface area contributed by atoms with Crippen LogP contribution in [0, 0.1) is 16.0 Å². The van der Waals surface area contributed by atoms with Crippen LogP contribution in [0.1, 0.15) is 43.4 Å². The van der Waals surface area contributed by atoms with E-state index in [1.165, 1.54) is 31.4 Å². The van der Waals surface area contributed by atoms with E-state index in [9.17, 15) is 24.5 Å². The van der Waals surface area contributed by atoms with Crippen molar-refractivity contribution in [1.82, 2.24) is 4.90 Å². The average Bonchev–Trinajstić information content (AvgIpc) is 3.52. The van der Waals surface area contributed by atoms with Crippen molar-refractivity contribution in [3.63, 3.8) is 0 Å². The van der Waals surface area contributed by atoms with Crippen molar-refractivity contribution in [3.05, 3.63) is 141 Å². The normalized spacial score (nSPS) is 22.9. The third kappa shape index (κ3) is 3.74. The first-order valence-electron chi connectivity index (χ1n) is 13.8. The number of hydrogen-bond donors (Lipinski definition) is 1. The molecule has 1 N–H and O–H groups in total. The number of benzene rings is 4. The van der Waals surface area contributed by atoms with E-state index in [0.29, 0.717) is 17.0 Å². The van der Waals surface area contributed by atoms with Gasteiger partial charge in [0.05, 0.1) is 24.0 Å². The summed E-state index contributed by atoms with van der Waals surface area (Å²) in [6.07, 6.45) is 3.63. The number of amides is 1. The fraction of sp³-hybridized carbons (Fsp3) is 0.147. The van der Waals surface area contributed by atoms with Gasteiger partial charge in [-0.1, -0.05) is 66.7 Å². The van der Waals surface area contributed by atoms with Crippen molar-refractivity contribution in [2.75, 3.05) is 12.4 Å². The molecule has 9 heteroatoms. The highest BCUT2D eigenvalue weighted by molar-refractivity contribution is 6.16. The van der Waals surface area contributed by atoms with E-state index in [0.717, 1.165) is 11.1 Å². The van der Waals surface area contributed by atoms with Gasteiger partial charge in [0.1, 0.15) is 17.2 Å². The van der Waals surface area contributed by atoms with Gasteiger partial charge in [-0.15, -0.1) is 0 Å². The summed E-state index contributed by atoms with van der Waals surface area (Å²) < 4.78 is 5.40. The smallest absolute Gasteiger partial charge is 0.270 e. The molecule has 1 fully saturated rings. The summed E-state index contributed by atoms with van der Waals surface area (Å²) in [5, 5.41) is 14.6. The van der Waals surface area contributed by atoms with E-state index in [4.69, 9.17) is 4.74 Å². The molecule has 7 rings (SSSR count). The molecule has 0 saturated carbocycles. The van der Waals surface area contributed by atoms with Gasteiger partial charge >= 0.3 is 0 Å². The topological polar surface area (TPSA) is 119 Å². The van der Waals surface area contributed by atoms with Gasteiger partial charge in [0.25, 0.3) is 5.69 Å². The summed E-state index contributed by atoms with van der Waals surface area (Å²) in [6, 6.07) is 25.1. The van der Waals surface area contributed by atoms with E-state index in [1.807, 2.05) is 48.5 Å². The maximum absolute atomic E-state index is 14.9. The van der Waals surface area contributed by atoms with E-state index >= 15 is 0 Å². The van der Waals surface area contributed by atoms with Crippen molar-refractivity contribution in [1.29, 1.82) is 0 Å². The molecule has 3 heterocycles. The van der Waals surface area contributed by atoms with Crippen molar-refractivity contribution in [2.45, 2.75) is 17.5 Å². The zero-order valence-electron chi connectivity index (χ0n) is 23.0. The lowest BCUT2D eigenvalue weighted by Gasteiger charge is -2.38. The number of anilines is 1. The lowest BCUT2D eigenvalue weighted by molar-refractivity contribution is -0.384. The number of nitrogens with one attached hydrogen (secondary N) is 1. The molecule has 1 spiro atoms. The van der Waals surface area contributed by atoms with Gasteiger partial charge in [0, 0.05) is 35.1 Å². The Labute approximate surface area is 246 Å². The second kappa shape index (κ2) is 9.77. The Morgan fingerprint density at radius 1 is 0.907 bits per heavy atom. The highest BCUT2D eigenvalue weighted by Crippen LogP contribution is 2.62. The molecule has 0 radical (unpaired) electrons. The number of ether oxygens (including phenoxy) is 1. The molecule has 0 aliphatic carbocycles. The van der Waals surface area contributed by atoms with Crippen molar-refractivity contribution < 1.29 is 24.0 Å². The number of Topliss-reactive ketones (excluding diaryl/α,β-unsaturated/α-hetero) is 2. The number of nitro groups is 1. The standard InChI is InChI=1S/C34H25N3O6/c1-43-24-12-7-10-22(19-24)30(38)28-29(31(39)21-9-6-11-23(18-21)37(41)42)36-17-16-20-8-2-3-13-25(20)32(36)34(28)26-14-4-5-15-27(26)35-33(34)40/h2-19,28-29,32H,1H3,(H,35,40)/t28-,29+,32-,34-/m0/s1. The van der Waals surface area contributed by atoms with Crippen LogP contribution < -0.4 is 10.1 Å². The van der Waals surface area contributed by atoms with Crippen LogP contribution in [0.3, 0.4) is 0 Å². The van der Waals surface area contributed by atoms with Crippen molar-refractivity contribution in [3.8, 4) is 5.75 Å². The molecular weight excluding hydrogens is 546 g/mol. The molecule has 0 bridgehead atoms. The first-order chi connectivity index (χ1) is 20.9. The molecule has 4 aromatic carbocycles. The Bertz CT molecular complexity index is 1880. The van der Waals surface area contributed by atoms with E-state index in [-0.39, 0.29) is 22.7 Å². The number of nitro benzene ring substituents is 1. The molecule has 43 heavy (non-hydrogen) atoms. The van der Waals surface area contributed by atoms with Gasteiger partial charge in [0.15, 0.2) is 11.6 Å². The largest absolute Gasteiger partial charge is 0.497 e. The van der Waals surface area contributed by atoms with Gasteiger partial charge in [-0.3, -0.25) is 24.5 Å². The molecule has 9 nitrogen and oxygen atoms in total. The predicted octanol–water partition coefficient (Wildman–Crippen LogP) is 5.59. The first-order valence-corrected chi connectivity index (χ1v) is 13.8. The third-order valence-corrected chi connectivity index (χ3v) is 8.82. The number of methoxy groups -OCH3 is 1. The Kier molecular flexibility index (Phi) is 5.98. The maximum Gasteiger partial charge on any atom is 0.270 e. The van der Waals surface area contributed by atoms with Gasteiger partial charge < -0.3 is 15.0 Å².